The first-order chi connectivity index (χ1) is 12.0. The number of amides is 1. The third kappa shape index (κ3) is 4.81. The molecular weight excluding hydrogens is 322 g/mol. The van der Waals surface area contributed by atoms with Crippen LogP contribution in [0.25, 0.3) is 0 Å². The lowest BCUT2D eigenvalue weighted by Gasteiger charge is -2.28. The van der Waals surface area contributed by atoms with Gasteiger partial charge in [0.2, 0.25) is 0 Å². The van der Waals surface area contributed by atoms with E-state index in [0.29, 0.717) is 5.56 Å². The van der Waals surface area contributed by atoms with Crippen LogP contribution in [0, 0.1) is 5.41 Å². The van der Waals surface area contributed by atoms with E-state index in [0.717, 1.165) is 11.1 Å². The Bertz CT molecular complexity index is 780. The number of Topliss-reactive ketones (excluding diaryl/α,β-unsaturated/α-hetero) is 1. The van der Waals surface area contributed by atoms with E-state index in [4.69, 9.17) is 0 Å². The van der Waals surface area contributed by atoms with Gasteiger partial charge in [-0.05, 0) is 38.0 Å². The fourth-order valence-electron chi connectivity index (χ4n) is 2.91. The number of ketones is 1. The Labute approximate surface area is 156 Å². The van der Waals surface area contributed by atoms with E-state index in [2.05, 4.69) is 5.32 Å². The molecule has 0 spiro atoms. The van der Waals surface area contributed by atoms with Gasteiger partial charge < -0.3 is 5.32 Å². The highest BCUT2D eigenvalue weighted by Crippen LogP contribution is 2.34. The molecule has 2 rings (SSSR count). The van der Waals surface area contributed by atoms with Gasteiger partial charge in [-0.3, -0.25) is 9.59 Å². The fourth-order valence-corrected chi connectivity index (χ4v) is 2.91. The summed E-state index contributed by atoms with van der Waals surface area (Å²) in [6.45, 7) is 11.6. The summed E-state index contributed by atoms with van der Waals surface area (Å²) in [6, 6.07) is 17.1. The van der Waals surface area contributed by atoms with Gasteiger partial charge in [0.15, 0.2) is 0 Å². The van der Waals surface area contributed by atoms with Crippen LogP contribution in [0.15, 0.2) is 54.6 Å². The molecule has 26 heavy (non-hydrogen) atoms. The van der Waals surface area contributed by atoms with Crippen LogP contribution in [-0.4, -0.2) is 17.2 Å². The maximum absolute atomic E-state index is 13.3. The van der Waals surface area contributed by atoms with Crippen molar-refractivity contribution in [1.82, 2.24) is 5.32 Å². The van der Waals surface area contributed by atoms with E-state index >= 15 is 0 Å². The lowest BCUT2D eigenvalue weighted by molar-refractivity contribution is -0.126. The van der Waals surface area contributed by atoms with Gasteiger partial charge in [-0.15, -0.1) is 0 Å². The van der Waals surface area contributed by atoms with E-state index in [1.54, 1.807) is 6.07 Å². The molecule has 0 saturated carbocycles. The van der Waals surface area contributed by atoms with E-state index < -0.39 is 11.3 Å². The number of nitrogens with one attached hydrogen (secondary N) is 1. The summed E-state index contributed by atoms with van der Waals surface area (Å²) in [5.41, 5.74) is 1.34. The van der Waals surface area contributed by atoms with E-state index in [1.807, 2.05) is 90.1 Å². The average Bonchev–Trinajstić information content (AvgIpc) is 2.54. The number of benzene rings is 2. The summed E-state index contributed by atoms with van der Waals surface area (Å²) >= 11 is 0. The molecule has 0 fully saturated rings. The summed E-state index contributed by atoms with van der Waals surface area (Å²) in [5, 5.41) is 3.01. The predicted octanol–water partition coefficient (Wildman–Crippen LogP) is 4.96. The molecule has 0 bridgehead atoms. The first-order valence-electron chi connectivity index (χ1n) is 9.01. The van der Waals surface area contributed by atoms with Crippen LogP contribution in [0.3, 0.4) is 0 Å². The normalized spacial score (nSPS) is 13.2. The van der Waals surface area contributed by atoms with Gasteiger partial charge in [0.1, 0.15) is 5.78 Å². The van der Waals surface area contributed by atoms with Crippen molar-refractivity contribution in [1.29, 1.82) is 0 Å². The molecule has 0 saturated heterocycles. The van der Waals surface area contributed by atoms with Gasteiger partial charge in [0, 0.05) is 16.5 Å². The van der Waals surface area contributed by atoms with Crippen molar-refractivity contribution in [3.05, 3.63) is 71.3 Å². The van der Waals surface area contributed by atoms with Gasteiger partial charge in [0.05, 0.1) is 5.92 Å². The largest absolute Gasteiger partial charge is 0.347 e. The second kappa shape index (κ2) is 7.45. The Kier molecular flexibility index (Phi) is 5.70. The van der Waals surface area contributed by atoms with Crippen molar-refractivity contribution in [2.24, 2.45) is 5.41 Å². The van der Waals surface area contributed by atoms with Crippen molar-refractivity contribution in [2.75, 3.05) is 0 Å². The highest BCUT2D eigenvalue weighted by Gasteiger charge is 2.34. The monoisotopic (exact) mass is 351 g/mol. The molecular formula is C23H29NO2. The Hall–Kier alpha value is -2.42. The number of carbonyl (C=O) groups excluding carboxylic acids is 2. The van der Waals surface area contributed by atoms with Gasteiger partial charge in [0.25, 0.3) is 5.91 Å². The standard InChI is InChI=1S/C23H29NO2/c1-22(2,3)20(25)19(16-12-8-7-9-13-16)17-14-10-11-15-18(17)21(26)24-23(4,5)6/h7-15,19H,1-6H3,(H,24,26). The van der Waals surface area contributed by atoms with Crippen LogP contribution in [0.4, 0.5) is 0 Å². The molecule has 2 aromatic carbocycles. The second-order valence-electron chi connectivity index (χ2n) is 8.75. The molecule has 2 aromatic rings. The van der Waals surface area contributed by atoms with Gasteiger partial charge >= 0.3 is 0 Å². The summed E-state index contributed by atoms with van der Waals surface area (Å²) in [7, 11) is 0. The van der Waals surface area contributed by atoms with Crippen molar-refractivity contribution >= 4 is 11.7 Å². The molecule has 1 atom stereocenters. The maximum atomic E-state index is 13.3. The van der Waals surface area contributed by atoms with Crippen molar-refractivity contribution in [2.45, 2.75) is 53.0 Å². The Morgan fingerprint density at radius 3 is 1.88 bits per heavy atom. The first-order valence-corrected chi connectivity index (χ1v) is 9.01. The molecule has 0 aliphatic heterocycles. The predicted molar refractivity (Wildman–Crippen MR) is 106 cm³/mol. The minimum atomic E-state index is -0.520. The van der Waals surface area contributed by atoms with Gasteiger partial charge in [-0.25, -0.2) is 0 Å². The van der Waals surface area contributed by atoms with E-state index in [1.165, 1.54) is 0 Å². The smallest absolute Gasteiger partial charge is 0.251 e. The van der Waals surface area contributed by atoms with Crippen LogP contribution < -0.4 is 5.32 Å². The molecule has 1 N–H and O–H groups in total. The number of rotatable bonds is 4. The van der Waals surface area contributed by atoms with Crippen LogP contribution >= 0.6 is 0 Å². The summed E-state index contributed by atoms with van der Waals surface area (Å²) in [5.74, 6) is -0.534. The molecule has 3 nitrogen and oxygen atoms in total. The molecule has 0 heterocycles. The number of carbonyl (C=O) groups is 2. The van der Waals surface area contributed by atoms with Crippen LogP contribution in [0.1, 0.15) is 68.9 Å². The lowest BCUT2D eigenvalue weighted by atomic mass is 9.75. The average molecular weight is 351 g/mol. The molecule has 3 heteroatoms. The van der Waals surface area contributed by atoms with Crippen molar-refractivity contribution in [3.8, 4) is 0 Å². The summed E-state index contributed by atoms with van der Waals surface area (Å²) in [6.07, 6.45) is 0. The van der Waals surface area contributed by atoms with Crippen molar-refractivity contribution in [3.63, 3.8) is 0 Å². The third-order valence-corrected chi connectivity index (χ3v) is 4.14. The molecule has 1 amide bonds. The second-order valence-corrected chi connectivity index (χ2v) is 8.75. The Morgan fingerprint density at radius 2 is 1.35 bits per heavy atom. The highest BCUT2D eigenvalue weighted by atomic mass is 16.2. The zero-order chi connectivity index (χ0) is 19.5. The lowest BCUT2D eigenvalue weighted by Crippen LogP contribution is -2.41. The zero-order valence-electron chi connectivity index (χ0n) is 16.6. The van der Waals surface area contributed by atoms with Crippen LogP contribution in [0.5, 0.6) is 0 Å². The number of hydrogen-bond acceptors (Lipinski definition) is 2. The molecule has 138 valence electrons. The third-order valence-electron chi connectivity index (χ3n) is 4.14. The van der Waals surface area contributed by atoms with Crippen LogP contribution in [-0.2, 0) is 4.79 Å². The quantitative estimate of drug-likeness (QED) is 0.846. The highest BCUT2D eigenvalue weighted by molar-refractivity contribution is 6.00. The summed E-state index contributed by atoms with van der Waals surface area (Å²) < 4.78 is 0. The van der Waals surface area contributed by atoms with Gasteiger partial charge in [-0.1, -0.05) is 69.3 Å². The molecule has 0 aliphatic rings. The Balaban J connectivity index is 2.60. The molecule has 0 aliphatic carbocycles. The first kappa shape index (κ1) is 19.9. The van der Waals surface area contributed by atoms with Crippen LogP contribution in [0.2, 0.25) is 0 Å². The van der Waals surface area contributed by atoms with Gasteiger partial charge in [-0.2, -0.15) is 0 Å². The minimum absolute atomic E-state index is 0.0970. The topological polar surface area (TPSA) is 46.2 Å². The maximum Gasteiger partial charge on any atom is 0.251 e. The number of hydrogen-bond donors (Lipinski definition) is 1. The molecule has 0 radical (unpaired) electrons. The van der Waals surface area contributed by atoms with Crippen molar-refractivity contribution < 1.29 is 9.59 Å². The molecule has 0 aromatic heterocycles. The summed E-state index contributed by atoms with van der Waals surface area (Å²) in [4.78, 5) is 26.2. The zero-order valence-corrected chi connectivity index (χ0v) is 16.6. The molecule has 1 unspecified atom stereocenters. The fraction of sp³-hybridized carbons (Fsp3) is 0.391. The van der Waals surface area contributed by atoms with E-state index in [-0.39, 0.29) is 17.2 Å². The van der Waals surface area contributed by atoms with E-state index in [9.17, 15) is 9.59 Å². The minimum Gasteiger partial charge on any atom is -0.347 e. The SMILES string of the molecule is CC(C)(C)NC(=O)c1ccccc1C(C(=O)C(C)(C)C)c1ccccc1. The Morgan fingerprint density at radius 1 is 0.808 bits per heavy atom.